The van der Waals surface area contributed by atoms with Crippen LogP contribution in [0, 0.1) is 35.1 Å². The molecule has 1 saturated carbocycles. The average Bonchev–Trinajstić information content (AvgIpc) is 3.85. The summed E-state index contributed by atoms with van der Waals surface area (Å²) in [5.74, 6) is -5.35. The first kappa shape index (κ1) is 51.2. The molecule has 392 valence electrons. The van der Waals surface area contributed by atoms with Crippen LogP contribution >= 0.6 is 11.6 Å². The summed E-state index contributed by atoms with van der Waals surface area (Å²) in [6.07, 6.45) is 3.94. The third-order valence-electron chi connectivity index (χ3n) is 16.4. The van der Waals surface area contributed by atoms with Crippen LogP contribution in [0.2, 0.25) is 5.02 Å². The molecule has 0 radical (unpaired) electrons. The molecule has 3 atom stereocenters. The van der Waals surface area contributed by atoms with Crippen LogP contribution in [0.5, 0.6) is 11.5 Å². The van der Waals surface area contributed by atoms with Gasteiger partial charge in [0.15, 0.2) is 28.8 Å². The van der Waals surface area contributed by atoms with Crippen molar-refractivity contribution < 1.29 is 51.3 Å². The molecule has 74 heavy (non-hydrogen) atoms. The molecular weight excluding hydrogens is 984 g/mol. The number of nitrogens with zero attached hydrogens (tertiary/aromatic N) is 5. The summed E-state index contributed by atoms with van der Waals surface area (Å²) in [4.78, 5) is 56.5. The topological polar surface area (TPSA) is 185 Å². The number of imide groups is 1. The van der Waals surface area contributed by atoms with E-state index in [1.807, 2.05) is 42.2 Å². The number of piperidine rings is 1. The molecule has 10 rings (SSSR count). The average molecular weight is 1040 g/mol. The van der Waals surface area contributed by atoms with Gasteiger partial charge in [0.2, 0.25) is 17.7 Å². The molecule has 4 fully saturated rings. The maximum Gasteiger partial charge on any atom is 0.329 e. The first-order valence-electron chi connectivity index (χ1n) is 25.4. The van der Waals surface area contributed by atoms with E-state index < -0.39 is 64.3 Å². The minimum absolute atomic E-state index is 0.0192. The zero-order valence-corrected chi connectivity index (χ0v) is 42.1. The lowest BCUT2D eigenvalue weighted by Gasteiger charge is -2.48. The summed E-state index contributed by atoms with van der Waals surface area (Å²) in [5, 5.41) is 19.4. The summed E-state index contributed by atoms with van der Waals surface area (Å²) in [7, 11) is 1.55. The van der Waals surface area contributed by atoms with Gasteiger partial charge in [0.05, 0.1) is 22.6 Å². The van der Waals surface area contributed by atoms with Crippen molar-refractivity contribution in [1.29, 1.82) is 0 Å². The van der Waals surface area contributed by atoms with E-state index in [2.05, 4.69) is 27.6 Å². The van der Waals surface area contributed by atoms with E-state index in [9.17, 15) is 24.3 Å². The number of nitrogens with two attached hydrogens (primary N) is 1. The normalized spacial score (nSPS) is 23.1. The van der Waals surface area contributed by atoms with Gasteiger partial charge in [0.25, 0.3) is 0 Å². The standard InChI is InChI=1S/C54H59ClF4N8O7/c1-28-42-40(24-38(57)46(55)45(42)44-35(50(60)70)13-14-39(47(44)58)73-22-21-68)74-54(28,33-7-5-4-6-8-33)27-61-34-11-9-31(10-12-34)52(71)66-25-32(26-66)29(2)65-18-15-30(16-19-65)43-37(56)23-36-49(48(43)59)64(3)63-51(36)67-20-17-41(69)62-53(67)72/h4-8,13-14,23-24,28-32,34,61,68H,9-12,15-22,25-27H2,1-3H3,(H2,60,70)(H,62,69,72). The Labute approximate surface area is 430 Å². The maximum absolute atomic E-state index is 16.5. The van der Waals surface area contributed by atoms with Crippen molar-refractivity contribution in [2.75, 3.05) is 57.4 Å². The zero-order valence-electron chi connectivity index (χ0n) is 41.4. The predicted octanol–water partition coefficient (Wildman–Crippen LogP) is 7.63. The minimum atomic E-state index is -1.14. The van der Waals surface area contributed by atoms with Crippen molar-refractivity contribution in [2.24, 2.45) is 24.6 Å². The number of nitrogens with one attached hydrogen (secondary N) is 2. The summed E-state index contributed by atoms with van der Waals surface area (Å²) >= 11 is 6.71. The predicted molar refractivity (Wildman–Crippen MR) is 268 cm³/mol. The lowest BCUT2D eigenvalue weighted by Crippen LogP contribution is -2.59. The largest absolute Gasteiger partial charge is 0.488 e. The number of rotatable bonds is 14. The Balaban J connectivity index is 0.756. The number of primary amides is 1. The lowest BCUT2D eigenvalue weighted by molar-refractivity contribution is -0.145. The Kier molecular flexibility index (Phi) is 14.2. The van der Waals surface area contributed by atoms with E-state index in [1.165, 1.54) is 33.8 Å². The number of hydrogen-bond donors (Lipinski definition) is 4. The number of halogens is 5. The molecular formula is C54H59ClF4N8O7. The molecule has 5 aromatic rings. The number of amides is 5. The fourth-order valence-electron chi connectivity index (χ4n) is 12.2. The third-order valence-corrected chi connectivity index (χ3v) is 16.7. The van der Waals surface area contributed by atoms with Gasteiger partial charge in [-0.25, -0.2) is 22.4 Å². The number of aryl methyl sites for hydroxylation is 1. The molecule has 0 spiro atoms. The Morgan fingerprint density at radius 3 is 2.35 bits per heavy atom. The summed E-state index contributed by atoms with van der Waals surface area (Å²) in [5.41, 5.74) is 5.25. The van der Waals surface area contributed by atoms with Gasteiger partial charge in [-0.05, 0) is 88.2 Å². The molecule has 4 aliphatic heterocycles. The van der Waals surface area contributed by atoms with Crippen LogP contribution in [0.15, 0.2) is 54.6 Å². The van der Waals surface area contributed by atoms with Gasteiger partial charge in [-0.2, -0.15) is 5.10 Å². The smallest absolute Gasteiger partial charge is 0.329 e. The molecule has 5 amide bonds. The van der Waals surface area contributed by atoms with Crippen LogP contribution in [-0.4, -0.2) is 113 Å². The number of carbonyl (C=O) groups excluding carboxylic acids is 4. The fraction of sp³-hybridized carbons (Fsp3) is 0.463. The van der Waals surface area contributed by atoms with Gasteiger partial charge in [-0.1, -0.05) is 48.9 Å². The van der Waals surface area contributed by atoms with Crippen molar-refractivity contribution in [3.8, 4) is 22.6 Å². The number of benzene rings is 4. The van der Waals surface area contributed by atoms with E-state index >= 15 is 17.6 Å². The van der Waals surface area contributed by atoms with Crippen molar-refractivity contribution >= 4 is 52.1 Å². The molecule has 15 nitrogen and oxygen atoms in total. The molecule has 5 aliphatic rings. The summed E-state index contributed by atoms with van der Waals surface area (Å²) < 4.78 is 78.0. The fourth-order valence-corrected chi connectivity index (χ4v) is 12.4. The van der Waals surface area contributed by atoms with Crippen molar-refractivity contribution in [3.63, 3.8) is 0 Å². The number of ether oxygens (including phenoxy) is 2. The van der Waals surface area contributed by atoms with E-state index in [1.54, 1.807) is 7.05 Å². The SMILES string of the molecule is CC(C1CN(C(=O)C2CCC(NCC3(c4ccccc4)Oc4cc(F)c(Cl)c(-c5c(C(N)=O)ccc(OCCO)c5F)c4C3C)CC2)C1)N1CCC(c2c(F)cc3c(N4CCC(=O)NC4=O)nn(C)c3c2F)CC1. The molecule has 5 heterocycles. The van der Waals surface area contributed by atoms with Gasteiger partial charge in [-0.15, -0.1) is 0 Å². The van der Waals surface area contributed by atoms with E-state index in [4.69, 9.17) is 26.8 Å². The van der Waals surface area contributed by atoms with Gasteiger partial charge >= 0.3 is 6.03 Å². The van der Waals surface area contributed by atoms with Crippen molar-refractivity contribution in [3.05, 3.63) is 105 Å². The Morgan fingerprint density at radius 1 is 0.959 bits per heavy atom. The number of aliphatic hydroxyl groups excluding tert-OH is 1. The molecule has 1 aliphatic carbocycles. The first-order chi connectivity index (χ1) is 35.5. The van der Waals surface area contributed by atoms with E-state index in [-0.39, 0.29) is 112 Å². The minimum Gasteiger partial charge on any atom is -0.488 e. The molecule has 3 unspecified atom stereocenters. The Hall–Kier alpha value is -6.28. The van der Waals surface area contributed by atoms with Gasteiger partial charge in [-0.3, -0.25) is 29.3 Å². The maximum atomic E-state index is 16.5. The van der Waals surface area contributed by atoms with Crippen LogP contribution in [0.4, 0.5) is 28.2 Å². The number of urea groups is 1. The van der Waals surface area contributed by atoms with Gasteiger partial charge < -0.3 is 35.4 Å². The van der Waals surface area contributed by atoms with Crippen LogP contribution in [0.3, 0.4) is 0 Å². The van der Waals surface area contributed by atoms with Crippen molar-refractivity contribution in [2.45, 2.75) is 88.3 Å². The van der Waals surface area contributed by atoms with Crippen LogP contribution in [0.25, 0.3) is 22.0 Å². The highest BCUT2D eigenvalue weighted by Gasteiger charge is 2.51. The molecule has 20 heteroatoms. The van der Waals surface area contributed by atoms with E-state index in [0.717, 1.165) is 18.4 Å². The monoisotopic (exact) mass is 1040 g/mol. The second-order valence-corrected chi connectivity index (χ2v) is 20.8. The first-order valence-corrected chi connectivity index (χ1v) is 25.7. The number of fused-ring (bicyclic) bond motifs is 2. The number of likely N-dealkylation sites (tertiary alicyclic amines) is 2. The highest BCUT2D eigenvalue weighted by atomic mass is 35.5. The van der Waals surface area contributed by atoms with Crippen LogP contribution in [0.1, 0.15) is 97.7 Å². The number of aromatic nitrogens is 2. The summed E-state index contributed by atoms with van der Waals surface area (Å²) in [6.45, 7) is 6.28. The summed E-state index contributed by atoms with van der Waals surface area (Å²) in [6, 6.07) is 13.9. The van der Waals surface area contributed by atoms with Crippen molar-refractivity contribution in [1.82, 2.24) is 30.2 Å². The lowest BCUT2D eigenvalue weighted by atomic mass is 9.77. The number of hydrogen-bond acceptors (Lipinski definition) is 10. The highest BCUT2D eigenvalue weighted by molar-refractivity contribution is 6.34. The number of carbonyl (C=O) groups is 4. The Bertz CT molecular complexity index is 3030. The van der Waals surface area contributed by atoms with Crippen LogP contribution < -0.4 is 30.7 Å². The second-order valence-electron chi connectivity index (χ2n) is 20.4. The number of anilines is 1. The molecule has 3 saturated heterocycles. The molecule has 1 aromatic heterocycles. The number of aliphatic hydroxyl groups is 1. The Morgan fingerprint density at radius 2 is 1.68 bits per heavy atom. The molecule has 0 bridgehead atoms. The second kappa shape index (κ2) is 20.4. The quantitative estimate of drug-likeness (QED) is 0.0807. The zero-order chi connectivity index (χ0) is 52.3. The van der Waals surface area contributed by atoms with E-state index in [0.29, 0.717) is 57.4 Å². The molecule has 5 N–H and O–H groups in total. The van der Waals surface area contributed by atoms with Crippen LogP contribution in [-0.2, 0) is 22.2 Å². The molecule has 4 aromatic carbocycles. The van der Waals surface area contributed by atoms with Gasteiger partial charge in [0, 0.05) is 97.8 Å². The highest BCUT2D eigenvalue weighted by Crippen LogP contribution is 2.57. The van der Waals surface area contributed by atoms with Gasteiger partial charge in [0.1, 0.15) is 29.5 Å². The third kappa shape index (κ3) is 9.02.